The number of ether oxygens (including phenoxy) is 2. The number of rotatable bonds is 9. The molecule has 2 atom stereocenters. The van der Waals surface area contributed by atoms with Gasteiger partial charge in [-0.2, -0.15) is 0 Å². The zero-order valence-electron chi connectivity index (χ0n) is 19.1. The molecule has 0 aliphatic rings. The van der Waals surface area contributed by atoms with Crippen molar-refractivity contribution in [1.29, 1.82) is 0 Å². The monoisotopic (exact) mass is 440 g/mol. The first-order chi connectivity index (χ1) is 15.1. The lowest BCUT2D eigenvalue weighted by Crippen LogP contribution is -2.51. The quantitative estimate of drug-likeness (QED) is 0.579. The van der Waals surface area contributed by atoms with Gasteiger partial charge in [0.15, 0.2) is 0 Å². The Morgan fingerprint density at radius 2 is 1.44 bits per heavy atom. The van der Waals surface area contributed by atoms with Crippen molar-refractivity contribution in [2.45, 2.75) is 64.8 Å². The molecule has 0 saturated carbocycles. The first-order valence-corrected chi connectivity index (χ1v) is 10.7. The van der Waals surface area contributed by atoms with Crippen molar-refractivity contribution in [3.05, 3.63) is 71.8 Å². The maximum Gasteiger partial charge on any atom is 0.408 e. The van der Waals surface area contributed by atoms with Gasteiger partial charge in [0.25, 0.3) is 0 Å². The van der Waals surface area contributed by atoms with Crippen molar-refractivity contribution in [2.24, 2.45) is 0 Å². The number of alkyl carbamates (subject to hydrolysis) is 1. The third-order valence-corrected chi connectivity index (χ3v) is 4.52. The van der Waals surface area contributed by atoms with Gasteiger partial charge < -0.3 is 20.1 Å². The van der Waals surface area contributed by atoms with Crippen LogP contribution in [0.15, 0.2) is 60.7 Å². The van der Waals surface area contributed by atoms with Gasteiger partial charge in [-0.3, -0.25) is 4.79 Å². The predicted octanol–water partition coefficient (Wildman–Crippen LogP) is 3.76. The Morgan fingerprint density at radius 3 is 2.00 bits per heavy atom. The van der Waals surface area contributed by atoms with Crippen LogP contribution in [0.1, 0.15) is 45.2 Å². The number of hydrogen-bond acceptors (Lipinski definition) is 5. The Balaban J connectivity index is 1.99. The smallest absolute Gasteiger partial charge is 0.408 e. The summed E-state index contributed by atoms with van der Waals surface area (Å²) in [6.45, 7) is 6.85. The maximum atomic E-state index is 12.8. The second kappa shape index (κ2) is 11.9. The average Bonchev–Trinajstić information content (AvgIpc) is 2.74. The van der Waals surface area contributed by atoms with Crippen LogP contribution in [-0.4, -0.2) is 35.7 Å². The summed E-state index contributed by atoms with van der Waals surface area (Å²) in [4.78, 5) is 37.4. The molecule has 7 heteroatoms. The number of esters is 1. The molecule has 0 aliphatic heterocycles. The van der Waals surface area contributed by atoms with Crippen LogP contribution in [0.2, 0.25) is 0 Å². The molecule has 0 heterocycles. The Bertz CT molecular complexity index is 878. The minimum absolute atomic E-state index is 0.114. The number of amides is 2. The Kier molecular flexibility index (Phi) is 9.25. The van der Waals surface area contributed by atoms with E-state index in [1.54, 1.807) is 20.8 Å². The predicted molar refractivity (Wildman–Crippen MR) is 122 cm³/mol. The molecule has 0 spiro atoms. The molecule has 2 aromatic rings. The number of carbonyl (C=O) groups excluding carboxylic acids is 3. The summed E-state index contributed by atoms with van der Waals surface area (Å²) < 4.78 is 10.6. The summed E-state index contributed by atoms with van der Waals surface area (Å²) in [5.41, 5.74) is 1.22. The van der Waals surface area contributed by atoms with Crippen molar-refractivity contribution < 1.29 is 23.9 Å². The van der Waals surface area contributed by atoms with Crippen LogP contribution in [0.5, 0.6) is 0 Å². The van der Waals surface area contributed by atoms with Gasteiger partial charge in [0.2, 0.25) is 5.91 Å². The zero-order valence-corrected chi connectivity index (χ0v) is 19.1. The fourth-order valence-electron chi connectivity index (χ4n) is 2.88. The van der Waals surface area contributed by atoms with Crippen molar-refractivity contribution >= 4 is 18.0 Å². The molecule has 0 unspecified atom stereocenters. The van der Waals surface area contributed by atoms with Gasteiger partial charge >= 0.3 is 12.1 Å². The molecular weight excluding hydrogens is 408 g/mol. The molecule has 0 radical (unpaired) electrons. The molecule has 0 aliphatic carbocycles. The number of benzene rings is 2. The molecular formula is C25H32N2O5. The largest absolute Gasteiger partial charge is 0.459 e. The topological polar surface area (TPSA) is 93.7 Å². The molecule has 32 heavy (non-hydrogen) atoms. The van der Waals surface area contributed by atoms with Gasteiger partial charge in [-0.05, 0) is 51.7 Å². The summed E-state index contributed by atoms with van der Waals surface area (Å²) in [5.74, 6) is -1.02. The Labute approximate surface area is 189 Å². The Hall–Kier alpha value is -3.35. The van der Waals surface area contributed by atoms with E-state index in [-0.39, 0.29) is 6.61 Å². The van der Waals surface area contributed by atoms with Gasteiger partial charge in [0, 0.05) is 0 Å². The van der Waals surface area contributed by atoms with Gasteiger partial charge in [-0.25, -0.2) is 9.59 Å². The summed E-state index contributed by atoms with van der Waals surface area (Å²) >= 11 is 0. The first-order valence-electron chi connectivity index (χ1n) is 10.7. The molecule has 2 N–H and O–H groups in total. The lowest BCUT2D eigenvalue weighted by atomic mass is 10.0. The normalized spacial score (nSPS) is 12.9. The summed E-state index contributed by atoms with van der Waals surface area (Å²) in [5, 5.41) is 5.19. The van der Waals surface area contributed by atoms with Gasteiger partial charge in [0.05, 0.1) is 0 Å². The highest BCUT2D eigenvalue weighted by molar-refractivity contribution is 5.89. The summed E-state index contributed by atoms with van der Waals surface area (Å²) in [6.07, 6.45) is 0.246. The molecule has 0 aromatic heterocycles. The minimum atomic E-state index is -0.883. The molecule has 0 saturated heterocycles. The third kappa shape index (κ3) is 9.20. The van der Waals surface area contributed by atoms with Crippen molar-refractivity contribution in [1.82, 2.24) is 10.6 Å². The standard InChI is InChI=1S/C25H32N2O5/c1-18(26-24(30)32-25(2,3)4)22(28)27-21(16-15-19-11-7-5-8-12-19)23(29)31-17-20-13-9-6-10-14-20/h5-14,18,21H,15-17H2,1-4H3,(H,26,30)(H,27,28)/t18-,21-/m0/s1. The van der Waals surface area contributed by atoms with Crippen LogP contribution in [0, 0.1) is 0 Å². The van der Waals surface area contributed by atoms with Crippen LogP contribution in [0.4, 0.5) is 4.79 Å². The lowest BCUT2D eigenvalue weighted by molar-refractivity contribution is -0.149. The van der Waals surface area contributed by atoms with Gasteiger partial charge in [0.1, 0.15) is 24.3 Å². The number of hydrogen-bond donors (Lipinski definition) is 2. The van der Waals surface area contributed by atoms with E-state index in [0.717, 1.165) is 11.1 Å². The van der Waals surface area contributed by atoms with E-state index in [0.29, 0.717) is 12.8 Å². The molecule has 2 rings (SSSR count). The number of carbonyl (C=O) groups is 3. The van der Waals surface area contributed by atoms with Gasteiger partial charge in [-0.1, -0.05) is 60.7 Å². The van der Waals surface area contributed by atoms with Crippen LogP contribution >= 0.6 is 0 Å². The fraction of sp³-hybridized carbons (Fsp3) is 0.400. The third-order valence-electron chi connectivity index (χ3n) is 4.52. The van der Waals surface area contributed by atoms with E-state index >= 15 is 0 Å². The second-order valence-electron chi connectivity index (χ2n) is 8.55. The van der Waals surface area contributed by atoms with Crippen LogP contribution in [-0.2, 0) is 32.1 Å². The average molecular weight is 441 g/mol. The molecule has 2 aromatic carbocycles. The van der Waals surface area contributed by atoms with Gasteiger partial charge in [-0.15, -0.1) is 0 Å². The minimum Gasteiger partial charge on any atom is -0.459 e. The highest BCUT2D eigenvalue weighted by atomic mass is 16.6. The summed E-state index contributed by atoms with van der Waals surface area (Å²) in [6, 6.07) is 17.3. The molecule has 0 bridgehead atoms. The fourth-order valence-corrected chi connectivity index (χ4v) is 2.88. The Morgan fingerprint density at radius 1 is 0.875 bits per heavy atom. The van der Waals surface area contributed by atoms with E-state index in [1.165, 1.54) is 6.92 Å². The SMILES string of the molecule is C[C@H](NC(=O)OC(C)(C)C)C(=O)N[C@@H](CCc1ccccc1)C(=O)OCc1ccccc1. The van der Waals surface area contributed by atoms with E-state index < -0.39 is 35.7 Å². The second-order valence-corrected chi connectivity index (χ2v) is 8.55. The van der Waals surface area contributed by atoms with Crippen molar-refractivity contribution in [2.75, 3.05) is 0 Å². The van der Waals surface area contributed by atoms with E-state index in [1.807, 2.05) is 60.7 Å². The van der Waals surface area contributed by atoms with Crippen LogP contribution in [0.3, 0.4) is 0 Å². The first kappa shape index (κ1) is 24.9. The van der Waals surface area contributed by atoms with E-state index in [9.17, 15) is 14.4 Å². The molecule has 2 amide bonds. The molecule has 172 valence electrons. The maximum absolute atomic E-state index is 12.8. The molecule has 7 nitrogen and oxygen atoms in total. The lowest BCUT2D eigenvalue weighted by Gasteiger charge is -2.23. The van der Waals surface area contributed by atoms with Crippen molar-refractivity contribution in [3.8, 4) is 0 Å². The number of nitrogens with one attached hydrogen (secondary N) is 2. The van der Waals surface area contributed by atoms with Crippen molar-refractivity contribution in [3.63, 3.8) is 0 Å². The molecule has 0 fully saturated rings. The van der Waals surface area contributed by atoms with Crippen LogP contribution < -0.4 is 10.6 Å². The highest BCUT2D eigenvalue weighted by Crippen LogP contribution is 2.10. The number of aryl methyl sites for hydroxylation is 1. The van der Waals surface area contributed by atoms with E-state index in [2.05, 4.69) is 10.6 Å². The van der Waals surface area contributed by atoms with Crippen LogP contribution in [0.25, 0.3) is 0 Å². The highest BCUT2D eigenvalue weighted by Gasteiger charge is 2.26. The van der Waals surface area contributed by atoms with E-state index in [4.69, 9.17) is 9.47 Å². The summed E-state index contributed by atoms with van der Waals surface area (Å²) in [7, 11) is 0. The zero-order chi connectivity index (χ0) is 23.6.